The summed E-state index contributed by atoms with van der Waals surface area (Å²) in [6.07, 6.45) is 0. The molecule has 2 rings (SSSR count). The monoisotopic (exact) mass is 290 g/mol. The molecule has 1 N–H and O–H groups in total. The summed E-state index contributed by atoms with van der Waals surface area (Å²) in [4.78, 5) is 35.6. The normalized spacial score (nSPS) is 15.1. The summed E-state index contributed by atoms with van der Waals surface area (Å²) >= 11 is 0. The minimum absolute atomic E-state index is 0.111. The van der Waals surface area contributed by atoms with Gasteiger partial charge in [-0.15, -0.1) is 0 Å². The summed E-state index contributed by atoms with van der Waals surface area (Å²) in [5.41, 5.74) is 1.12. The second-order valence-corrected chi connectivity index (χ2v) is 5.24. The van der Waals surface area contributed by atoms with Crippen LogP contribution in [0.4, 0.5) is 0 Å². The van der Waals surface area contributed by atoms with E-state index in [1.165, 1.54) is 4.90 Å². The van der Waals surface area contributed by atoms with E-state index < -0.39 is 11.8 Å². The SMILES string of the molecule is CC(C)c1cccc(OCC(=O)N2CC(=O)NC(=O)C2)c1. The van der Waals surface area contributed by atoms with Crippen molar-refractivity contribution in [3.05, 3.63) is 29.8 Å². The first-order chi connectivity index (χ1) is 9.95. The third-order valence-corrected chi connectivity index (χ3v) is 3.19. The predicted molar refractivity (Wildman–Crippen MR) is 75.8 cm³/mol. The van der Waals surface area contributed by atoms with E-state index in [2.05, 4.69) is 19.2 Å². The number of hydrogen-bond acceptors (Lipinski definition) is 4. The van der Waals surface area contributed by atoms with Gasteiger partial charge in [-0.25, -0.2) is 0 Å². The van der Waals surface area contributed by atoms with Crippen LogP contribution in [0.2, 0.25) is 0 Å². The maximum absolute atomic E-state index is 12.0. The van der Waals surface area contributed by atoms with Crippen LogP contribution >= 0.6 is 0 Å². The number of piperazine rings is 1. The molecule has 6 nitrogen and oxygen atoms in total. The topological polar surface area (TPSA) is 75.7 Å². The van der Waals surface area contributed by atoms with E-state index in [-0.39, 0.29) is 25.6 Å². The smallest absolute Gasteiger partial charge is 0.261 e. The highest BCUT2D eigenvalue weighted by Gasteiger charge is 2.26. The van der Waals surface area contributed by atoms with E-state index in [1.807, 2.05) is 18.2 Å². The molecule has 3 amide bonds. The quantitative estimate of drug-likeness (QED) is 0.827. The Morgan fingerprint density at radius 3 is 2.57 bits per heavy atom. The third-order valence-electron chi connectivity index (χ3n) is 3.19. The predicted octanol–water partition coefficient (Wildman–Crippen LogP) is 0.674. The zero-order chi connectivity index (χ0) is 15.4. The summed E-state index contributed by atoms with van der Waals surface area (Å²) in [7, 11) is 0. The Morgan fingerprint density at radius 1 is 1.29 bits per heavy atom. The fourth-order valence-electron chi connectivity index (χ4n) is 2.01. The van der Waals surface area contributed by atoms with Crippen molar-refractivity contribution in [2.45, 2.75) is 19.8 Å². The first-order valence-corrected chi connectivity index (χ1v) is 6.79. The largest absolute Gasteiger partial charge is 0.484 e. The molecule has 0 unspecified atom stereocenters. The van der Waals surface area contributed by atoms with Crippen LogP contribution in [0.3, 0.4) is 0 Å². The van der Waals surface area contributed by atoms with Crippen molar-refractivity contribution in [3.8, 4) is 5.75 Å². The van der Waals surface area contributed by atoms with Gasteiger partial charge >= 0.3 is 0 Å². The highest BCUT2D eigenvalue weighted by Crippen LogP contribution is 2.20. The molecule has 21 heavy (non-hydrogen) atoms. The molecular weight excluding hydrogens is 272 g/mol. The minimum atomic E-state index is -0.471. The summed E-state index contributed by atoms with van der Waals surface area (Å²) in [6, 6.07) is 7.51. The van der Waals surface area contributed by atoms with Gasteiger partial charge in [0.25, 0.3) is 5.91 Å². The Hall–Kier alpha value is -2.37. The maximum Gasteiger partial charge on any atom is 0.261 e. The number of imide groups is 1. The number of nitrogens with zero attached hydrogens (tertiary/aromatic N) is 1. The van der Waals surface area contributed by atoms with Gasteiger partial charge in [0.1, 0.15) is 18.8 Å². The molecule has 0 bridgehead atoms. The standard InChI is InChI=1S/C15H18N2O4/c1-10(2)11-4-3-5-12(6-11)21-9-15(20)17-7-13(18)16-14(19)8-17/h3-6,10H,7-9H2,1-2H3,(H,16,18,19). The van der Waals surface area contributed by atoms with Crippen LogP contribution in [0.25, 0.3) is 0 Å². The second-order valence-electron chi connectivity index (χ2n) is 5.24. The van der Waals surface area contributed by atoms with Gasteiger partial charge in [0.15, 0.2) is 6.61 Å². The molecule has 112 valence electrons. The Labute approximate surface area is 123 Å². The second kappa shape index (κ2) is 6.39. The van der Waals surface area contributed by atoms with Crippen LogP contribution < -0.4 is 10.1 Å². The Balaban J connectivity index is 1.93. The molecule has 0 aliphatic carbocycles. The zero-order valence-electron chi connectivity index (χ0n) is 12.1. The molecule has 0 saturated carbocycles. The van der Waals surface area contributed by atoms with E-state index in [4.69, 9.17) is 4.74 Å². The van der Waals surface area contributed by atoms with Crippen molar-refractivity contribution >= 4 is 17.7 Å². The minimum Gasteiger partial charge on any atom is -0.484 e. The molecule has 1 aliphatic rings. The van der Waals surface area contributed by atoms with Gasteiger partial charge in [-0.05, 0) is 23.6 Å². The third kappa shape index (κ3) is 4.05. The average molecular weight is 290 g/mol. The maximum atomic E-state index is 12.0. The number of ether oxygens (including phenoxy) is 1. The lowest BCUT2D eigenvalue weighted by molar-refractivity contribution is -0.146. The Bertz CT molecular complexity index is 553. The Morgan fingerprint density at radius 2 is 1.95 bits per heavy atom. The number of benzene rings is 1. The van der Waals surface area contributed by atoms with Gasteiger partial charge in [-0.2, -0.15) is 0 Å². The number of nitrogens with one attached hydrogen (secondary N) is 1. The van der Waals surface area contributed by atoms with E-state index in [9.17, 15) is 14.4 Å². The van der Waals surface area contributed by atoms with Gasteiger partial charge in [0.2, 0.25) is 11.8 Å². The molecule has 1 saturated heterocycles. The fraction of sp³-hybridized carbons (Fsp3) is 0.400. The molecule has 1 fully saturated rings. The lowest BCUT2D eigenvalue weighted by atomic mass is 10.0. The summed E-state index contributed by atoms with van der Waals surface area (Å²) < 4.78 is 5.45. The van der Waals surface area contributed by atoms with E-state index in [1.54, 1.807) is 6.07 Å². The van der Waals surface area contributed by atoms with Crippen molar-refractivity contribution in [2.24, 2.45) is 0 Å². The van der Waals surface area contributed by atoms with E-state index in [0.29, 0.717) is 11.7 Å². The number of carbonyl (C=O) groups is 3. The van der Waals surface area contributed by atoms with Crippen LogP contribution in [0.1, 0.15) is 25.3 Å². The van der Waals surface area contributed by atoms with Gasteiger partial charge < -0.3 is 9.64 Å². The van der Waals surface area contributed by atoms with Gasteiger partial charge in [0.05, 0.1) is 0 Å². The lowest BCUT2D eigenvalue weighted by Gasteiger charge is -2.25. The van der Waals surface area contributed by atoms with E-state index in [0.717, 1.165) is 5.56 Å². The fourth-order valence-corrected chi connectivity index (χ4v) is 2.01. The van der Waals surface area contributed by atoms with Crippen LogP contribution in [0.15, 0.2) is 24.3 Å². The van der Waals surface area contributed by atoms with Crippen LogP contribution in [0, 0.1) is 0 Å². The summed E-state index contributed by atoms with van der Waals surface area (Å²) in [5.74, 6) is -0.356. The van der Waals surface area contributed by atoms with Crippen molar-refractivity contribution in [2.75, 3.05) is 19.7 Å². The zero-order valence-corrected chi connectivity index (χ0v) is 12.1. The van der Waals surface area contributed by atoms with Crippen LogP contribution in [-0.2, 0) is 14.4 Å². The van der Waals surface area contributed by atoms with E-state index >= 15 is 0 Å². The molecule has 1 heterocycles. The van der Waals surface area contributed by atoms with Gasteiger partial charge in [-0.3, -0.25) is 19.7 Å². The number of amides is 3. The molecule has 0 aromatic heterocycles. The average Bonchev–Trinajstić information content (AvgIpc) is 2.44. The number of carbonyl (C=O) groups excluding carboxylic acids is 3. The molecular formula is C15H18N2O4. The molecule has 1 aromatic rings. The van der Waals surface area contributed by atoms with Gasteiger partial charge in [0, 0.05) is 0 Å². The summed E-state index contributed by atoms with van der Waals surface area (Å²) in [6.45, 7) is 3.73. The molecule has 1 aromatic carbocycles. The molecule has 1 aliphatic heterocycles. The molecule has 0 atom stereocenters. The molecule has 0 radical (unpaired) electrons. The van der Waals surface area contributed by atoms with Crippen molar-refractivity contribution < 1.29 is 19.1 Å². The summed E-state index contributed by atoms with van der Waals surface area (Å²) in [5, 5.41) is 2.15. The van der Waals surface area contributed by atoms with Gasteiger partial charge in [-0.1, -0.05) is 26.0 Å². The first kappa shape index (κ1) is 15.0. The van der Waals surface area contributed by atoms with Crippen LogP contribution in [-0.4, -0.2) is 42.3 Å². The molecule has 6 heteroatoms. The van der Waals surface area contributed by atoms with Crippen molar-refractivity contribution in [1.29, 1.82) is 0 Å². The lowest BCUT2D eigenvalue weighted by Crippen LogP contribution is -2.54. The Kier molecular flexibility index (Phi) is 4.57. The highest BCUT2D eigenvalue weighted by molar-refractivity contribution is 6.02. The number of hydrogen-bond donors (Lipinski definition) is 1. The highest BCUT2D eigenvalue weighted by atomic mass is 16.5. The first-order valence-electron chi connectivity index (χ1n) is 6.79. The number of rotatable bonds is 4. The van der Waals surface area contributed by atoms with Crippen molar-refractivity contribution in [3.63, 3.8) is 0 Å². The van der Waals surface area contributed by atoms with Crippen molar-refractivity contribution in [1.82, 2.24) is 10.2 Å². The molecule has 0 spiro atoms. The van der Waals surface area contributed by atoms with Crippen LogP contribution in [0.5, 0.6) is 5.75 Å².